The first-order valence-electron chi connectivity index (χ1n) is 10.7. The molecule has 0 heterocycles. The summed E-state index contributed by atoms with van der Waals surface area (Å²) in [5.41, 5.74) is 0. The van der Waals surface area contributed by atoms with Gasteiger partial charge in [0.1, 0.15) is 0 Å². The van der Waals surface area contributed by atoms with Crippen LogP contribution in [0.2, 0.25) is 0 Å². The zero-order valence-corrected chi connectivity index (χ0v) is 21.7. The summed E-state index contributed by atoms with van der Waals surface area (Å²) in [7, 11) is -8.15. The summed E-state index contributed by atoms with van der Waals surface area (Å²) in [4.78, 5) is 0. The van der Waals surface area contributed by atoms with Gasteiger partial charge in [0.15, 0.2) is 0 Å². The molecule has 0 radical (unpaired) electrons. The van der Waals surface area contributed by atoms with Gasteiger partial charge in [0.05, 0.1) is 21.6 Å². The molecule has 0 unspecified atom stereocenters. The van der Waals surface area contributed by atoms with E-state index in [1.54, 1.807) is 0 Å². The van der Waals surface area contributed by atoms with Gasteiger partial charge >= 0.3 is 29.6 Å². The van der Waals surface area contributed by atoms with E-state index in [0.717, 1.165) is 19.3 Å². The summed E-state index contributed by atoms with van der Waals surface area (Å²) >= 11 is 0. The first kappa shape index (κ1) is 31.0. The zero-order valence-electron chi connectivity index (χ0n) is 18.1. The molecule has 9 heteroatoms. The molecule has 0 aliphatic rings. The van der Waals surface area contributed by atoms with Crippen LogP contribution in [-0.2, 0) is 20.1 Å². The van der Waals surface area contributed by atoms with Gasteiger partial charge in [-0.15, -0.1) is 0 Å². The molecule has 6 nitrogen and oxygen atoms in total. The number of rotatable bonds is 20. The van der Waals surface area contributed by atoms with Gasteiger partial charge in [-0.3, -0.25) is 0 Å². The largest absolute Gasteiger partial charge is 1.00 e. The molecular formula is C19H40NNaO5S2. The van der Waals surface area contributed by atoms with Crippen molar-refractivity contribution in [2.24, 2.45) is 0 Å². The Bertz CT molecular complexity index is 539. The minimum atomic E-state index is -4.49. The third kappa shape index (κ3) is 24.9. The first-order chi connectivity index (χ1) is 12.8. The van der Waals surface area contributed by atoms with Crippen molar-refractivity contribution in [1.82, 2.24) is 4.72 Å². The molecule has 1 N–H and O–H groups in total. The van der Waals surface area contributed by atoms with Crippen LogP contribution in [0.3, 0.4) is 0 Å². The Balaban J connectivity index is 0. The average Bonchev–Trinajstić information content (AvgIpc) is 2.59. The molecule has 0 saturated heterocycles. The fraction of sp³-hybridized carbons (Fsp3) is 1.00. The zero-order chi connectivity index (χ0) is 20.4. The van der Waals surface area contributed by atoms with Crippen molar-refractivity contribution in [3.8, 4) is 0 Å². The number of nitrogens with one attached hydrogen (secondary N) is 1. The molecule has 0 atom stereocenters. The normalized spacial score (nSPS) is 12.1. The van der Waals surface area contributed by atoms with Crippen molar-refractivity contribution in [3.05, 3.63) is 0 Å². The predicted octanol–water partition coefficient (Wildman–Crippen LogP) is 1.33. The molecule has 164 valence electrons. The molecular weight excluding hydrogens is 409 g/mol. The Kier molecular flexibility index (Phi) is 21.9. The van der Waals surface area contributed by atoms with Gasteiger partial charge in [0, 0.05) is 6.54 Å². The summed E-state index contributed by atoms with van der Waals surface area (Å²) in [6.07, 6.45) is 18.7. The van der Waals surface area contributed by atoms with Crippen LogP contribution in [-0.4, -0.2) is 39.4 Å². The van der Waals surface area contributed by atoms with Crippen LogP contribution >= 0.6 is 0 Å². The molecule has 0 aromatic carbocycles. The van der Waals surface area contributed by atoms with Gasteiger partial charge in [-0.1, -0.05) is 96.8 Å². The standard InChI is InChI=1S/C19H41NO5S2.Na/c1-2-3-4-5-6-7-8-9-10-11-12-13-14-15-16-17-20-26(21,22)18-19-27(23,24)25;/h20H,2-19H2,1H3,(H,23,24,25);/q;+1/p-1. The van der Waals surface area contributed by atoms with Crippen molar-refractivity contribution in [2.75, 3.05) is 18.1 Å². The monoisotopic (exact) mass is 449 g/mol. The third-order valence-corrected chi connectivity index (χ3v) is 7.05. The van der Waals surface area contributed by atoms with E-state index >= 15 is 0 Å². The fourth-order valence-corrected chi connectivity index (χ4v) is 5.30. The van der Waals surface area contributed by atoms with Crippen molar-refractivity contribution in [3.63, 3.8) is 0 Å². The van der Waals surface area contributed by atoms with Crippen LogP contribution < -0.4 is 34.3 Å². The van der Waals surface area contributed by atoms with Gasteiger partial charge < -0.3 is 4.55 Å². The second kappa shape index (κ2) is 19.8. The van der Waals surface area contributed by atoms with Crippen molar-refractivity contribution in [2.45, 2.75) is 103 Å². The van der Waals surface area contributed by atoms with E-state index in [2.05, 4.69) is 11.6 Å². The van der Waals surface area contributed by atoms with Gasteiger partial charge in [-0.25, -0.2) is 21.6 Å². The summed E-state index contributed by atoms with van der Waals surface area (Å²) in [6, 6.07) is 0. The van der Waals surface area contributed by atoms with Crippen LogP contribution in [0.5, 0.6) is 0 Å². The number of unbranched alkanes of at least 4 members (excludes halogenated alkanes) is 14. The minimum Gasteiger partial charge on any atom is -0.748 e. The SMILES string of the molecule is CCCCCCCCCCCCCCCCCNS(=O)(=O)CCS(=O)(=O)[O-].[Na+]. The summed E-state index contributed by atoms with van der Waals surface area (Å²) in [5, 5.41) is 0. The average molecular weight is 450 g/mol. The van der Waals surface area contributed by atoms with E-state index in [1.165, 1.54) is 77.0 Å². The Morgan fingerprint density at radius 2 is 0.964 bits per heavy atom. The van der Waals surface area contributed by atoms with Crippen molar-refractivity contribution >= 4 is 20.1 Å². The molecule has 0 aromatic rings. The van der Waals surface area contributed by atoms with E-state index in [1.807, 2.05) is 0 Å². The molecule has 0 saturated carbocycles. The van der Waals surface area contributed by atoms with Crippen LogP contribution in [0.15, 0.2) is 0 Å². The Morgan fingerprint density at radius 3 is 1.32 bits per heavy atom. The second-order valence-electron chi connectivity index (χ2n) is 7.42. The fourth-order valence-electron chi connectivity index (χ4n) is 3.01. The van der Waals surface area contributed by atoms with Crippen molar-refractivity contribution < 1.29 is 50.9 Å². The van der Waals surface area contributed by atoms with E-state index in [0.29, 0.717) is 6.54 Å². The predicted molar refractivity (Wildman–Crippen MR) is 111 cm³/mol. The Labute approximate surface area is 196 Å². The van der Waals surface area contributed by atoms with Crippen LogP contribution in [0.25, 0.3) is 0 Å². The molecule has 0 fully saturated rings. The third-order valence-electron chi connectivity index (χ3n) is 4.70. The second-order valence-corrected chi connectivity index (χ2v) is 10.9. The molecule has 0 bridgehead atoms. The maximum atomic E-state index is 11.5. The maximum Gasteiger partial charge on any atom is 1.00 e. The molecule has 0 spiro atoms. The number of sulfonamides is 1. The topological polar surface area (TPSA) is 103 Å². The van der Waals surface area contributed by atoms with E-state index < -0.39 is 31.6 Å². The number of hydrogen-bond donors (Lipinski definition) is 1. The Morgan fingerprint density at radius 1 is 0.607 bits per heavy atom. The molecule has 0 aromatic heterocycles. The molecule has 0 amide bonds. The van der Waals surface area contributed by atoms with Crippen molar-refractivity contribution in [1.29, 1.82) is 0 Å². The summed E-state index contributed by atoms with van der Waals surface area (Å²) < 4.78 is 56.7. The van der Waals surface area contributed by atoms with Crippen LogP contribution in [0.1, 0.15) is 103 Å². The van der Waals surface area contributed by atoms with E-state index in [4.69, 9.17) is 0 Å². The molecule has 0 aliphatic heterocycles. The Hall–Kier alpha value is 0.820. The first-order valence-corrected chi connectivity index (χ1v) is 13.9. The minimum absolute atomic E-state index is 0. The van der Waals surface area contributed by atoms with Gasteiger partial charge in [0.25, 0.3) is 0 Å². The quantitative estimate of drug-likeness (QED) is 0.172. The van der Waals surface area contributed by atoms with E-state index in [-0.39, 0.29) is 29.6 Å². The summed E-state index contributed by atoms with van der Waals surface area (Å²) in [6.45, 7) is 2.55. The number of hydrogen-bond acceptors (Lipinski definition) is 5. The van der Waals surface area contributed by atoms with E-state index in [9.17, 15) is 21.4 Å². The molecule has 0 rings (SSSR count). The van der Waals surface area contributed by atoms with Gasteiger partial charge in [0.2, 0.25) is 10.0 Å². The summed E-state index contributed by atoms with van der Waals surface area (Å²) in [5.74, 6) is -1.53. The smallest absolute Gasteiger partial charge is 0.748 e. The van der Waals surface area contributed by atoms with Crippen LogP contribution in [0.4, 0.5) is 0 Å². The van der Waals surface area contributed by atoms with Gasteiger partial charge in [-0.05, 0) is 6.42 Å². The van der Waals surface area contributed by atoms with Crippen LogP contribution in [0, 0.1) is 0 Å². The maximum absolute atomic E-state index is 11.5. The van der Waals surface area contributed by atoms with Gasteiger partial charge in [-0.2, -0.15) is 0 Å². The molecule has 28 heavy (non-hydrogen) atoms. The molecule has 0 aliphatic carbocycles.